The molecule has 1 saturated heterocycles. The number of nitrogens with zero attached hydrogens (tertiary/aromatic N) is 3. The van der Waals surface area contributed by atoms with Gasteiger partial charge in [0, 0.05) is 37.9 Å². The van der Waals surface area contributed by atoms with E-state index in [0.29, 0.717) is 23.6 Å². The highest BCUT2D eigenvalue weighted by Gasteiger charge is 2.21. The minimum atomic E-state index is 0.111. The number of carbonyl (C=O) groups is 1. The molecule has 0 N–H and O–H groups in total. The molecular formula is C18H19N3O3. The largest absolute Gasteiger partial charge is 0.454 e. The zero-order valence-electron chi connectivity index (χ0n) is 13.4. The lowest BCUT2D eigenvalue weighted by Gasteiger charge is -2.35. The number of Topliss-reactive ketones (excluding diaryl/α,β-unsaturated/α-hetero) is 1. The van der Waals surface area contributed by atoms with Gasteiger partial charge in [-0.05, 0) is 30.3 Å². The van der Waals surface area contributed by atoms with Crippen molar-refractivity contribution >= 4 is 11.6 Å². The summed E-state index contributed by atoms with van der Waals surface area (Å²) in [5.74, 6) is 2.47. The topological polar surface area (TPSA) is 54.9 Å². The van der Waals surface area contributed by atoms with E-state index in [-0.39, 0.29) is 12.6 Å². The molecule has 4 rings (SSSR count). The number of aromatic nitrogens is 1. The van der Waals surface area contributed by atoms with Crippen LogP contribution in [0.3, 0.4) is 0 Å². The van der Waals surface area contributed by atoms with Crippen LogP contribution >= 0.6 is 0 Å². The van der Waals surface area contributed by atoms with Gasteiger partial charge in [-0.1, -0.05) is 6.07 Å². The van der Waals surface area contributed by atoms with Crippen LogP contribution in [-0.2, 0) is 0 Å². The number of fused-ring (bicyclic) bond motifs is 1. The van der Waals surface area contributed by atoms with Gasteiger partial charge in [-0.15, -0.1) is 0 Å². The fraction of sp³-hybridized carbons (Fsp3) is 0.333. The van der Waals surface area contributed by atoms with Crippen LogP contribution in [0.2, 0.25) is 0 Å². The second-order valence-electron chi connectivity index (χ2n) is 5.94. The van der Waals surface area contributed by atoms with Gasteiger partial charge in [0.25, 0.3) is 0 Å². The Morgan fingerprint density at radius 2 is 1.88 bits per heavy atom. The van der Waals surface area contributed by atoms with Gasteiger partial charge in [0.05, 0.1) is 6.54 Å². The van der Waals surface area contributed by atoms with Crippen molar-refractivity contribution in [2.24, 2.45) is 0 Å². The van der Waals surface area contributed by atoms with Crippen molar-refractivity contribution < 1.29 is 14.3 Å². The molecule has 2 aliphatic heterocycles. The van der Waals surface area contributed by atoms with E-state index in [2.05, 4.69) is 14.8 Å². The third-order valence-electron chi connectivity index (χ3n) is 4.41. The molecule has 6 heteroatoms. The molecule has 2 aliphatic rings. The maximum Gasteiger partial charge on any atom is 0.231 e. The molecule has 0 atom stereocenters. The predicted molar refractivity (Wildman–Crippen MR) is 89.8 cm³/mol. The Kier molecular flexibility index (Phi) is 4.04. The third-order valence-corrected chi connectivity index (χ3v) is 4.41. The summed E-state index contributed by atoms with van der Waals surface area (Å²) in [6.07, 6.45) is 1.81. The molecule has 1 aromatic carbocycles. The molecule has 0 unspecified atom stereocenters. The summed E-state index contributed by atoms with van der Waals surface area (Å²) in [7, 11) is 0. The van der Waals surface area contributed by atoms with Gasteiger partial charge in [0.1, 0.15) is 5.82 Å². The summed E-state index contributed by atoms with van der Waals surface area (Å²) in [5, 5.41) is 0. The molecule has 0 amide bonds. The molecule has 124 valence electrons. The quantitative estimate of drug-likeness (QED) is 0.799. The van der Waals surface area contributed by atoms with Crippen LogP contribution in [0.4, 0.5) is 5.82 Å². The zero-order chi connectivity index (χ0) is 16.4. The van der Waals surface area contributed by atoms with E-state index in [1.165, 1.54) is 0 Å². The Balaban J connectivity index is 1.34. The van der Waals surface area contributed by atoms with Gasteiger partial charge in [0.2, 0.25) is 6.79 Å². The van der Waals surface area contributed by atoms with E-state index in [9.17, 15) is 4.79 Å². The highest BCUT2D eigenvalue weighted by Crippen LogP contribution is 2.32. The molecule has 1 fully saturated rings. The predicted octanol–water partition coefficient (Wildman–Crippen LogP) is 1.82. The normalized spacial score (nSPS) is 17.1. The van der Waals surface area contributed by atoms with Crippen LogP contribution in [0.1, 0.15) is 10.4 Å². The number of benzene rings is 1. The van der Waals surface area contributed by atoms with Crippen LogP contribution in [-0.4, -0.2) is 55.2 Å². The van der Waals surface area contributed by atoms with Gasteiger partial charge in [-0.2, -0.15) is 0 Å². The van der Waals surface area contributed by atoms with Gasteiger partial charge in [-0.3, -0.25) is 9.69 Å². The Bertz CT molecular complexity index is 728. The number of hydrogen-bond acceptors (Lipinski definition) is 6. The minimum absolute atomic E-state index is 0.111. The Hall–Kier alpha value is -2.60. The van der Waals surface area contributed by atoms with Crippen molar-refractivity contribution in [2.45, 2.75) is 0 Å². The second-order valence-corrected chi connectivity index (χ2v) is 5.94. The number of rotatable bonds is 4. The van der Waals surface area contributed by atoms with E-state index in [1.54, 1.807) is 18.2 Å². The van der Waals surface area contributed by atoms with Crippen molar-refractivity contribution in [3.05, 3.63) is 48.2 Å². The molecule has 0 bridgehead atoms. The summed E-state index contributed by atoms with van der Waals surface area (Å²) in [6.45, 7) is 4.12. The van der Waals surface area contributed by atoms with Crippen LogP contribution < -0.4 is 14.4 Å². The number of ether oxygens (including phenoxy) is 2. The summed E-state index contributed by atoms with van der Waals surface area (Å²) in [4.78, 5) is 21.3. The fourth-order valence-electron chi connectivity index (χ4n) is 3.04. The lowest BCUT2D eigenvalue weighted by molar-refractivity contribution is 0.0926. The molecule has 0 spiro atoms. The van der Waals surface area contributed by atoms with Crippen molar-refractivity contribution in [2.75, 3.05) is 44.4 Å². The number of hydrogen-bond donors (Lipinski definition) is 0. The van der Waals surface area contributed by atoms with Crippen LogP contribution in [0, 0.1) is 0 Å². The molecular weight excluding hydrogens is 306 g/mol. The standard InChI is InChI=1S/C18H19N3O3/c22-15(14-4-5-16-17(11-14)24-13-23-16)12-20-7-9-21(10-8-20)18-3-1-2-6-19-18/h1-6,11H,7-10,12-13H2. The van der Waals surface area contributed by atoms with E-state index < -0.39 is 0 Å². The number of piperazine rings is 1. The molecule has 24 heavy (non-hydrogen) atoms. The lowest BCUT2D eigenvalue weighted by Crippen LogP contribution is -2.48. The van der Waals surface area contributed by atoms with Gasteiger partial charge < -0.3 is 14.4 Å². The molecule has 0 aliphatic carbocycles. The zero-order valence-corrected chi connectivity index (χ0v) is 13.4. The first kappa shape index (κ1) is 15.0. The average molecular weight is 325 g/mol. The minimum Gasteiger partial charge on any atom is -0.454 e. The third kappa shape index (κ3) is 3.05. The summed E-state index contributed by atoms with van der Waals surface area (Å²) in [6, 6.07) is 11.3. The van der Waals surface area contributed by atoms with E-state index in [4.69, 9.17) is 9.47 Å². The smallest absolute Gasteiger partial charge is 0.231 e. The summed E-state index contributed by atoms with van der Waals surface area (Å²) in [5.41, 5.74) is 0.673. The summed E-state index contributed by atoms with van der Waals surface area (Å²) < 4.78 is 10.6. The average Bonchev–Trinajstić information content (AvgIpc) is 3.11. The second kappa shape index (κ2) is 6.49. The fourth-order valence-corrected chi connectivity index (χ4v) is 3.04. The van der Waals surface area contributed by atoms with E-state index >= 15 is 0 Å². The number of ketones is 1. The van der Waals surface area contributed by atoms with Gasteiger partial charge >= 0.3 is 0 Å². The first-order chi connectivity index (χ1) is 11.8. The Labute approximate surface area is 140 Å². The molecule has 1 aromatic heterocycles. The van der Waals surface area contributed by atoms with Gasteiger partial charge in [0.15, 0.2) is 17.3 Å². The van der Waals surface area contributed by atoms with Gasteiger partial charge in [-0.25, -0.2) is 4.98 Å². The SMILES string of the molecule is O=C(CN1CCN(c2ccccn2)CC1)c1ccc2c(c1)OCO2. The first-order valence-electron chi connectivity index (χ1n) is 8.11. The molecule has 3 heterocycles. The van der Waals surface area contributed by atoms with E-state index in [1.807, 2.05) is 24.4 Å². The Morgan fingerprint density at radius 3 is 2.67 bits per heavy atom. The number of anilines is 1. The van der Waals surface area contributed by atoms with Crippen LogP contribution in [0.5, 0.6) is 11.5 Å². The van der Waals surface area contributed by atoms with Crippen molar-refractivity contribution in [1.29, 1.82) is 0 Å². The lowest BCUT2D eigenvalue weighted by atomic mass is 10.1. The summed E-state index contributed by atoms with van der Waals surface area (Å²) >= 11 is 0. The maximum absolute atomic E-state index is 12.5. The van der Waals surface area contributed by atoms with Crippen molar-refractivity contribution in [3.8, 4) is 11.5 Å². The molecule has 0 saturated carbocycles. The van der Waals surface area contributed by atoms with Crippen molar-refractivity contribution in [3.63, 3.8) is 0 Å². The number of pyridine rings is 1. The number of carbonyl (C=O) groups excluding carboxylic acids is 1. The first-order valence-corrected chi connectivity index (χ1v) is 8.11. The van der Waals surface area contributed by atoms with Crippen LogP contribution in [0.15, 0.2) is 42.6 Å². The molecule has 2 aromatic rings. The molecule has 0 radical (unpaired) electrons. The van der Waals surface area contributed by atoms with E-state index in [0.717, 1.165) is 32.0 Å². The molecule has 6 nitrogen and oxygen atoms in total. The monoisotopic (exact) mass is 325 g/mol. The Morgan fingerprint density at radius 1 is 1.04 bits per heavy atom. The van der Waals surface area contributed by atoms with Crippen LogP contribution in [0.25, 0.3) is 0 Å². The van der Waals surface area contributed by atoms with Crippen molar-refractivity contribution in [1.82, 2.24) is 9.88 Å². The highest BCUT2D eigenvalue weighted by molar-refractivity contribution is 5.98. The maximum atomic E-state index is 12.5. The highest BCUT2D eigenvalue weighted by atomic mass is 16.7.